The lowest BCUT2D eigenvalue weighted by atomic mass is 10.1. The minimum absolute atomic E-state index is 0.0761. The van der Waals surface area contributed by atoms with Gasteiger partial charge in [-0.2, -0.15) is 10.1 Å². The van der Waals surface area contributed by atoms with Gasteiger partial charge in [-0.3, -0.25) is 18.8 Å². The second-order valence-corrected chi connectivity index (χ2v) is 8.77. The summed E-state index contributed by atoms with van der Waals surface area (Å²) in [5.74, 6) is 0.430. The molecule has 0 bridgehead atoms. The minimum atomic E-state index is -0.0764. The molecule has 1 aliphatic heterocycles. The van der Waals surface area contributed by atoms with E-state index in [0.717, 1.165) is 35.3 Å². The number of fused-ring (bicyclic) bond motifs is 1. The van der Waals surface area contributed by atoms with E-state index >= 15 is 0 Å². The van der Waals surface area contributed by atoms with Crippen LogP contribution >= 0.6 is 0 Å². The van der Waals surface area contributed by atoms with Gasteiger partial charge in [-0.05, 0) is 45.2 Å². The highest BCUT2D eigenvalue weighted by Crippen LogP contribution is 2.26. The number of ether oxygens (including phenoxy) is 1. The molecule has 1 aliphatic rings. The molecule has 1 saturated heterocycles. The van der Waals surface area contributed by atoms with E-state index in [0.29, 0.717) is 36.4 Å². The van der Waals surface area contributed by atoms with Gasteiger partial charge in [0, 0.05) is 44.1 Å². The average molecular weight is 449 g/mol. The fourth-order valence-corrected chi connectivity index (χ4v) is 4.19. The molecule has 0 aliphatic carbocycles. The molecule has 0 atom stereocenters. The first-order chi connectivity index (χ1) is 15.9. The Morgan fingerprint density at radius 3 is 2.64 bits per heavy atom. The number of aromatic nitrogens is 7. The normalized spacial score (nSPS) is 14.9. The van der Waals surface area contributed by atoms with Gasteiger partial charge >= 0.3 is 5.69 Å². The van der Waals surface area contributed by atoms with Crippen molar-refractivity contribution >= 4 is 22.8 Å². The van der Waals surface area contributed by atoms with Gasteiger partial charge in [0.25, 0.3) is 0 Å². The van der Waals surface area contributed by atoms with Crippen LogP contribution in [0, 0.1) is 6.92 Å². The Balaban J connectivity index is 1.45. The van der Waals surface area contributed by atoms with Gasteiger partial charge in [0.2, 0.25) is 5.95 Å². The summed E-state index contributed by atoms with van der Waals surface area (Å²) in [6.45, 7) is 7.49. The van der Waals surface area contributed by atoms with Crippen molar-refractivity contribution in [3.05, 3.63) is 46.9 Å². The van der Waals surface area contributed by atoms with Crippen molar-refractivity contribution in [2.24, 2.45) is 7.05 Å². The largest absolute Gasteiger partial charge is 0.381 e. The van der Waals surface area contributed by atoms with Crippen molar-refractivity contribution in [1.82, 2.24) is 33.9 Å². The van der Waals surface area contributed by atoms with E-state index in [1.165, 1.54) is 0 Å². The van der Waals surface area contributed by atoms with Crippen molar-refractivity contribution < 1.29 is 4.74 Å². The molecule has 5 heterocycles. The fraction of sp³-hybridized carbons (Fsp3) is 0.435. The predicted octanol–water partition coefficient (Wildman–Crippen LogP) is 3.37. The Morgan fingerprint density at radius 2 is 1.94 bits per heavy atom. The van der Waals surface area contributed by atoms with E-state index < -0.39 is 0 Å². The summed E-state index contributed by atoms with van der Waals surface area (Å²) in [4.78, 5) is 26.7. The van der Waals surface area contributed by atoms with E-state index in [-0.39, 0.29) is 11.7 Å². The summed E-state index contributed by atoms with van der Waals surface area (Å²) in [5, 5.41) is 7.67. The summed E-state index contributed by atoms with van der Waals surface area (Å²) in [6.07, 6.45) is 8.90. The first-order valence-corrected chi connectivity index (χ1v) is 11.2. The van der Waals surface area contributed by atoms with E-state index in [1.54, 1.807) is 28.6 Å². The maximum Gasteiger partial charge on any atom is 0.330 e. The van der Waals surface area contributed by atoms with Crippen LogP contribution in [-0.2, 0) is 11.8 Å². The highest BCUT2D eigenvalue weighted by Gasteiger charge is 2.23. The van der Waals surface area contributed by atoms with Crippen LogP contribution in [0.2, 0.25) is 0 Å². The van der Waals surface area contributed by atoms with Gasteiger partial charge < -0.3 is 10.1 Å². The van der Waals surface area contributed by atoms with E-state index in [4.69, 9.17) is 9.72 Å². The Kier molecular flexibility index (Phi) is 5.45. The van der Waals surface area contributed by atoms with Gasteiger partial charge in [-0.15, -0.1) is 0 Å². The number of anilines is 2. The molecule has 0 aromatic carbocycles. The molecule has 1 N–H and O–H groups in total. The quantitative estimate of drug-likeness (QED) is 0.499. The van der Waals surface area contributed by atoms with Gasteiger partial charge in [0.05, 0.1) is 30.0 Å². The second-order valence-electron chi connectivity index (χ2n) is 8.77. The molecule has 172 valence electrons. The van der Waals surface area contributed by atoms with Crippen molar-refractivity contribution in [2.45, 2.75) is 45.7 Å². The Bertz CT molecular complexity index is 1360. The number of hydrogen-bond donors (Lipinski definition) is 1. The average Bonchev–Trinajstić information content (AvgIpc) is 3.40. The number of hydrogen-bond acceptors (Lipinski definition) is 7. The molecule has 4 aromatic rings. The van der Waals surface area contributed by atoms with Crippen LogP contribution in [0.15, 0.2) is 35.6 Å². The summed E-state index contributed by atoms with van der Waals surface area (Å²) < 4.78 is 10.8. The molecule has 0 radical (unpaired) electrons. The zero-order chi connectivity index (χ0) is 23.1. The lowest BCUT2D eigenvalue weighted by molar-refractivity contribution is 0.0695. The number of rotatable bonds is 5. The van der Waals surface area contributed by atoms with Crippen LogP contribution in [0.5, 0.6) is 0 Å². The lowest BCUT2D eigenvalue weighted by Gasteiger charge is -2.22. The number of pyridine rings is 1. The fourth-order valence-electron chi connectivity index (χ4n) is 4.19. The van der Waals surface area contributed by atoms with E-state index in [1.807, 2.05) is 30.1 Å². The SMILES string of the molecule is Cc1cc(-c2cnn(C(C)C)c2)ncc1Nc1ncc2c(n1)n(C1CCOCC1)c(=O)n2C. The number of nitrogens with zero attached hydrogens (tertiary/aromatic N) is 7. The Hall–Kier alpha value is -3.53. The van der Waals surface area contributed by atoms with Crippen molar-refractivity contribution in [3.63, 3.8) is 0 Å². The van der Waals surface area contributed by atoms with Crippen molar-refractivity contribution in [1.29, 1.82) is 0 Å². The highest BCUT2D eigenvalue weighted by atomic mass is 16.5. The molecule has 5 rings (SSSR count). The third-order valence-electron chi connectivity index (χ3n) is 6.17. The lowest BCUT2D eigenvalue weighted by Crippen LogP contribution is -2.30. The molecule has 0 spiro atoms. The maximum absolute atomic E-state index is 12.9. The summed E-state index contributed by atoms with van der Waals surface area (Å²) >= 11 is 0. The zero-order valence-electron chi connectivity index (χ0n) is 19.3. The summed E-state index contributed by atoms with van der Waals surface area (Å²) in [7, 11) is 1.76. The summed E-state index contributed by atoms with van der Waals surface area (Å²) in [5.41, 5.74) is 4.92. The highest BCUT2D eigenvalue weighted by molar-refractivity contribution is 5.73. The van der Waals surface area contributed by atoms with Crippen LogP contribution in [0.1, 0.15) is 44.3 Å². The monoisotopic (exact) mass is 448 g/mol. The smallest absolute Gasteiger partial charge is 0.330 e. The van der Waals surface area contributed by atoms with Crippen molar-refractivity contribution in [3.8, 4) is 11.3 Å². The topological polar surface area (TPSA) is 105 Å². The van der Waals surface area contributed by atoms with Crippen LogP contribution < -0.4 is 11.0 Å². The van der Waals surface area contributed by atoms with Crippen LogP contribution in [-0.4, -0.2) is 47.1 Å². The van der Waals surface area contributed by atoms with E-state index in [9.17, 15) is 4.79 Å². The Morgan fingerprint density at radius 1 is 1.15 bits per heavy atom. The third kappa shape index (κ3) is 3.91. The molecule has 10 heteroatoms. The zero-order valence-corrected chi connectivity index (χ0v) is 19.3. The molecule has 0 saturated carbocycles. The van der Waals surface area contributed by atoms with Gasteiger partial charge in [-0.1, -0.05) is 0 Å². The molecular weight excluding hydrogens is 420 g/mol. The first-order valence-electron chi connectivity index (χ1n) is 11.2. The first kappa shape index (κ1) is 21.3. The molecule has 4 aromatic heterocycles. The molecule has 0 amide bonds. The van der Waals surface area contributed by atoms with Gasteiger partial charge in [0.1, 0.15) is 5.52 Å². The number of aryl methyl sites for hydroxylation is 2. The molecule has 10 nitrogen and oxygen atoms in total. The van der Waals surface area contributed by atoms with E-state index in [2.05, 4.69) is 34.2 Å². The molecule has 33 heavy (non-hydrogen) atoms. The summed E-state index contributed by atoms with van der Waals surface area (Å²) in [6, 6.07) is 2.39. The third-order valence-corrected chi connectivity index (χ3v) is 6.17. The number of nitrogens with one attached hydrogen (secondary N) is 1. The molecule has 0 unspecified atom stereocenters. The standard InChI is InChI=1S/C23H28N8O2/c1-14(2)30-13-16(10-26-30)18-9-15(3)19(11-24-18)27-22-25-12-20-21(28-22)31(23(32)29(20)4)17-5-7-33-8-6-17/h9-14,17H,5-8H2,1-4H3,(H,25,27,28). The minimum Gasteiger partial charge on any atom is -0.381 e. The Labute approximate surface area is 191 Å². The second kappa shape index (κ2) is 8.43. The van der Waals surface area contributed by atoms with Crippen LogP contribution in [0.4, 0.5) is 11.6 Å². The van der Waals surface area contributed by atoms with Gasteiger partial charge in [-0.25, -0.2) is 9.78 Å². The number of imidazole rings is 1. The van der Waals surface area contributed by atoms with Crippen LogP contribution in [0.25, 0.3) is 22.4 Å². The van der Waals surface area contributed by atoms with Crippen LogP contribution in [0.3, 0.4) is 0 Å². The predicted molar refractivity (Wildman–Crippen MR) is 126 cm³/mol. The molecular formula is C23H28N8O2. The maximum atomic E-state index is 12.9. The van der Waals surface area contributed by atoms with Gasteiger partial charge in [0.15, 0.2) is 5.65 Å². The molecule has 1 fully saturated rings. The van der Waals surface area contributed by atoms with Crippen molar-refractivity contribution in [2.75, 3.05) is 18.5 Å².